The van der Waals surface area contributed by atoms with Gasteiger partial charge in [-0.1, -0.05) is 6.08 Å². The second kappa shape index (κ2) is 4.66. The number of aromatic nitrogens is 2. The lowest BCUT2D eigenvalue weighted by Gasteiger charge is -2.06. The van der Waals surface area contributed by atoms with Crippen LogP contribution in [-0.2, 0) is 0 Å². The standard InChI is InChI=1S/C17H15N3O2/c1-9-6-12-15(21)11-7-13(10-4-2-3-5-10)19-8-14(11)22-17(12)20-16(9)18/h4,6-8H,2-3,5H2,1H3,(H2,18,20). The van der Waals surface area contributed by atoms with Crippen LogP contribution in [0.1, 0.15) is 30.5 Å². The van der Waals surface area contributed by atoms with Crippen molar-refractivity contribution < 1.29 is 4.42 Å². The van der Waals surface area contributed by atoms with Gasteiger partial charge < -0.3 is 10.2 Å². The van der Waals surface area contributed by atoms with E-state index in [2.05, 4.69) is 16.0 Å². The number of anilines is 1. The number of aryl methyl sites for hydroxylation is 1. The summed E-state index contributed by atoms with van der Waals surface area (Å²) in [5, 5.41) is 0.994. The van der Waals surface area contributed by atoms with Crippen molar-refractivity contribution in [3.63, 3.8) is 0 Å². The first-order chi connectivity index (χ1) is 10.6. The second-order valence-electron chi connectivity index (χ2n) is 5.66. The first-order valence-corrected chi connectivity index (χ1v) is 7.32. The first-order valence-electron chi connectivity index (χ1n) is 7.32. The lowest BCUT2D eigenvalue weighted by atomic mass is 10.1. The lowest BCUT2D eigenvalue weighted by Crippen LogP contribution is -2.06. The van der Waals surface area contributed by atoms with E-state index in [9.17, 15) is 4.79 Å². The number of hydrogen-bond acceptors (Lipinski definition) is 5. The van der Waals surface area contributed by atoms with E-state index in [0.717, 1.165) is 30.5 Å². The lowest BCUT2D eigenvalue weighted by molar-refractivity contribution is 0.643. The van der Waals surface area contributed by atoms with Crippen molar-refractivity contribution in [2.45, 2.75) is 26.2 Å². The molecule has 0 atom stereocenters. The smallest absolute Gasteiger partial charge is 0.232 e. The number of allylic oxidation sites excluding steroid dienone is 2. The molecular formula is C17H15N3O2. The molecule has 4 rings (SSSR count). The molecule has 0 amide bonds. The van der Waals surface area contributed by atoms with Crippen molar-refractivity contribution in [2.75, 3.05) is 5.73 Å². The number of hydrogen-bond donors (Lipinski definition) is 1. The highest BCUT2D eigenvalue weighted by Gasteiger charge is 2.14. The van der Waals surface area contributed by atoms with Gasteiger partial charge in [0.1, 0.15) is 5.82 Å². The minimum Gasteiger partial charge on any atom is -0.436 e. The minimum atomic E-state index is -0.0888. The summed E-state index contributed by atoms with van der Waals surface area (Å²) in [5.74, 6) is 0.371. The number of fused-ring (bicyclic) bond motifs is 2. The second-order valence-corrected chi connectivity index (χ2v) is 5.66. The Labute approximate surface area is 126 Å². The summed E-state index contributed by atoms with van der Waals surface area (Å²) in [5.41, 5.74) is 9.23. The summed E-state index contributed by atoms with van der Waals surface area (Å²) in [6.07, 6.45) is 7.01. The van der Waals surface area contributed by atoms with Crippen LogP contribution in [0.15, 0.2) is 33.6 Å². The van der Waals surface area contributed by atoms with E-state index in [1.165, 1.54) is 5.57 Å². The third kappa shape index (κ3) is 1.89. The number of nitrogen functional groups attached to an aromatic ring is 1. The molecule has 0 unspecified atom stereocenters. The van der Waals surface area contributed by atoms with Crippen molar-refractivity contribution in [2.24, 2.45) is 0 Å². The number of rotatable bonds is 1. The highest BCUT2D eigenvalue weighted by Crippen LogP contribution is 2.28. The zero-order valence-corrected chi connectivity index (χ0v) is 12.2. The molecule has 0 saturated carbocycles. The first kappa shape index (κ1) is 13.0. The molecule has 1 aliphatic rings. The van der Waals surface area contributed by atoms with Crippen LogP contribution in [0.4, 0.5) is 5.82 Å². The molecule has 0 spiro atoms. The molecule has 5 nitrogen and oxygen atoms in total. The monoisotopic (exact) mass is 293 g/mol. The van der Waals surface area contributed by atoms with Crippen LogP contribution in [0.25, 0.3) is 27.6 Å². The van der Waals surface area contributed by atoms with Crippen molar-refractivity contribution in [3.8, 4) is 0 Å². The van der Waals surface area contributed by atoms with Crippen LogP contribution < -0.4 is 11.2 Å². The Hall–Kier alpha value is -2.69. The van der Waals surface area contributed by atoms with Crippen LogP contribution >= 0.6 is 0 Å². The highest BCUT2D eigenvalue weighted by atomic mass is 16.3. The van der Waals surface area contributed by atoms with Crippen LogP contribution in [-0.4, -0.2) is 9.97 Å². The molecule has 0 aliphatic heterocycles. The molecule has 0 saturated heterocycles. The van der Waals surface area contributed by atoms with E-state index in [-0.39, 0.29) is 11.1 Å². The molecule has 2 N–H and O–H groups in total. The fraction of sp³-hybridized carbons (Fsp3) is 0.235. The van der Waals surface area contributed by atoms with Gasteiger partial charge in [-0.2, -0.15) is 4.98 Å². The highest BCUT2D eigenvalue weighted by molar-refractivity contribution is 5.90. The molecule has 3 heterocycles. The van der Waals surface area contributed by atoms with Crippen molar-refractivity contribution in [1.29, 1.82) is 0 Å². The fourth-order valence-electron chi connectivity index (χ4n) is 2.88. The van der Waals surface area contributed by atoms with Crippen molar-refractivity contribution in [3.05, 3.63) is 45.9 Å². The van der Waals surface area contributed by atoms with E-state index in [0.29, 0.717) is 22.2 Å². The third-order valence-electron chi connectivity index (χ3n) is 4.15. The van der Waals surface area contributed by atoms with Gasteiger partial charge in [0.15, 0.2) is 5.58 Å². The molecule has 3 aromatic rings. The average molecular weight is 293 g/mol. The number of pyridine rings is 2. The largest absolute Gasteiger partial charge is 0.436 e. The van der Waals surface area contributed by atoms with E-state index < -0.39 is 0 Å². The van der Waals surface area contributed by atoms with Gasteiger partial charge in [-0.15, -0.1) is 0 Å². The molecule has 5 heteroatoms. The Morgan fingerprint density at radius 3 is 2.91 bits per heavy atom. The minimum absolute atomic E-state index is 0.0888. The van der Waals surface area contributed by atoms with Gasteiger partial charge in [-0.05, 0) is 49.5 Å². The molecule has 22 heavy (non-hydrogen) atoms. The van der Waals surface area contributed by atoms with Gasteiger partial charge in [-0.3, -0.25) is 9.78 Å². The van der Waals surface area contributed by atoms with Gasteiger partial charge in [0.05, 0.1) is 22.7 Å². The van der Waals surface area contributed by atoms with E-state index in [1.807, 2.05) is 13.0 Å². The summed E-state index contributed by atoms with van der Waals surface area (Å²) >= 11 is 0. The van der Waals surface area contributed by atoms with Gasteiger partial charge >= 0.3 is 0 Å². The summed E-state index contributed by atoms with van der Waals surface area (Å²) < 4.78 is 5.71. The van der Waals surface area contributed by atoms with Crippen molar-refractivity contribution >= 4 is 33.5 Å². The molecule has 0 bridgehead atoms. The molecule has 0 aromatic carbocycles. The zero-order chi connectivity index (χ0) is 15.3. The van der Waals surface area contributed by atoms with Crippen LogP contribution in [0.2, 0.25) is 0 Å². The summed E-state index contributed by atoms with van der Waals surface area (Å²) in [6, 6.07) is 3.56. The maximum atomic E-state index is 12.7. The SMILES string of the molecule is Cc1cc2c(=O)c3cc(C4=CCCC4)ncc3oc2nc1N. The quantitative estimate of drug-likeness (QED) is 0.697. The molecule has 110 valence electrons. The normalized spacial score (nSPS) is 14.7. The van der Waals surface area contributed by atoms with E-state index in [1.54, 1.807) is 12.3 Å². The maximum Gasteiger partial charge on any atom is 0.232 e. The molecular weight excluding hydrogens is 278 g/mol. The maximum absolute atomic E-state index is 12.7. The number of nitrogens with two attached hydrogens (primary N) is 1. The predicted molar refractivity (Wildman–Crippen MR) is 86.6 cm³/mol. The van der Waals surface area contributed by atoms with Gasteiger partial charge in [-0.25, -0.2) is 0 Å². The van der Waals surface area contributed by atoms with Gasteiger partial charge in [0.25, 0.3) is 0 Å². The van der Waals surface area contributed by atoms with Crippen LogP contribution in [0.5, 0.6) is 0 Å². The van der Waals surface area contributed by atoms with Crippen LogP contribution in [0.3, 0.4) is 0 Å². The Balaban J connectivity index is 2.04. The Kier molecular flexibility index (Phi) is 2.76. The van der Waals surface area contributed by atoms with E-state index in [4.69, 9.17) is 10.2 Å². The molecule has 0 fully saturated rings. The Morgan fingerprint density at radius 2 is 2.14 bits per heavy atom. The summed E-state index contributed by atoms with van der Waals surface area (Å²) in [4.78, 5) is 21.3. The van der Waals surface area contributed by atoms with Gasteiger partial charge in [0, 0.05) is 0 Å². The molecule has 0 radical (unpaired) electrons. The molecule has 3 aromatic heterocycles. The topological polar surface area (TPSA) is 82.0 Å². The predicted octanol–water partition coefficient (Wildman–Crippen LogP) is 3.19. The number of nitrogens with zero attached hydrogens (tertiary/aromatic N) is 2. The summed E-state index contributed by atoms with van der Waals surface area (Å²) in [6.45, 7) is 1.83. The molecule has 1 aliphatic carbocycles. The fourth-order valence-corrected chi connectivity index (χ4v) is 2.88. The zero-order valence-electron chi connectivity index (χ0n) is 12.2. The summed E-state index contributed by atoms with van der Waals surface area (Å²) in [7, 11) is 0. The van der Waals surface area contributed by atoms with E-state index >= 15 is 0 Å². The third-order valence-corrected chi connectivity index (χ3v) is 4.15. The van der Waals surface area contributed by atoms with Gasteiger partial charge in [0.2, 0.25) is 11.1 Å². The Bertz CT molecular complexity index is 1000. The average Bonchev–Trinajstić information content (AvgIpc) is 3.04. The Morgan fingerprint density at radius 1 is 1.27 bits per heavy atom. The van der Waals surface area contributed by atoms with Crippen LogP contribution in [0, 0.1) is 6.92 Å². The van der Waals surface area contributed by atoms with Crippen molar-refractivity contribution in [1.82, 2.24) is 9.97 Å².